The van der Waals surface area contributed by atoms with Crippen molar-refractivity contribution in [3.8, 4) is 11.5 Å². The molecule has 0 bridgehead atoms. The van der Waals surface area contributed by atoms with E-state index in [9.17, 15) is 0 Å². The lowest BCUT2D eigenvalue weighted by molar-refractivity contribution is 0.286. The van der Waals surface area contributed by atoms with Gasteiger partial charge in [-0.15, -0.1) is 0 Å². The number of rotatable bonds is 7. The number of hydrogen-bond acceptors (Lipinski definition) is 4. The molecule has 1 aromatic rings. The van der Waals surface area contributed by atoms with E-state index in [1.54, 1.807) is 14.2 Å². The SMILES string of the molecule is COc1ccc(NCCCCO)c(OC)c1C. The van der Waals surface area contributed by atoms with E-state index in [0.717, 1.165) is 42.1 Å². The van der Waals surface area contributed by atoms with E-state index in [0.29, 0.717) is 0 Å². The van der Waals surface area contributed by atoms with Crippen LogP contribution < -0.4 is 14.8 Å². The summed E-state index contributed by atoms with van der Waals surface area (Å²) >= 11 is 0. The molecule has 4 heteroatoms. The molecule has 4 nitrogen and oxygen atoms in total. The van der Waals surface area contributed by atoms with Crippen molar-refractivity contribution in [2.24, 2.45) is 0 Å². The Kier molecular flexibility index (Phi) is 5.63. The fourth-order valence-electron chi connectivity index (χ4n) is 1.76. The zero-order chi connectivity index (χ0) is 12.7. The van der Waals surface area contributed by atoms with Crippen LogP contribution in [0.2, 0.25) is 0 Å². The van der Waals surface area contributed by atoms with Crippen molar-refractivity contribution in [3.63, 3.8) is 0 Å². The van der Waals surface area contributed by atoms with E-state index < -0.39 is 0 Å². The topological polar surface area (TPSA) is 50.7 Å². The lowest BCUT2D eigenvalue weighted by atomic mass is 10.1. The molecule has 1 aromatic carbocycles. The Hall–Kier alpha value is -1.42. The fourth-order valence-corrected chi connectivity index (χ4v) is 1.76. The average Bonchev–Trinajstić information content (AvgIpc) is 2.35. The van der Waals surface area contributed by atoms with Crippen molar-refractivity contribution >= 4 is 5.69 Å². The number of hydrogen-bond donors (Lipinski definition) is 2. The highest BCUT2D eigenvalue weighted by molar-refractivity contribution is 5.63. The summed E-state index contributed by atoms with van der Waals surface area (Å²) in [5, 5.41) is 12.0. The predicted molar refractivity (Wildman–Crippen MR) is 69.1 cm³/mol. The van der Waals surface area contributed by atoms with Crippen molar-refractivity contribution in [1.29, 1.82) is 0 Å². The van der Waals surface area contributed by atoms with Crippen molar-refractivity contribution < 1.29 is 14.6 Å². The van der Waals surface area contributed by atoms with Crippen LogP contribution in [0.4, 0.5) is 5.69 Å². The summed E-state index contributed by atoms with van der Waals surface area (Å²) in [4.78, 5) is 0. The van der Waals surface area contributed by atoms with Gasteiger partial charge in [0.05, 0.1) is 19.9 Å². The second-order valence-corrected chi connectivity index (χ2v) is 3.83. The molecule has 0 saturated carbocycles. The van der Waals surface area contributed by atoms with Crippen LogP contribution in [0.5, 0.6) is 11.5 Å². The van der Waals surface area contributed by atoms with Gasteiger partial charge in [0.15, 0.2) is 0 Å². The van der Waals surface area contributed by atoms with E-state index in [2.05, 4.69) is 5.32 Å². The van der Waals surface area contributed by atoms with Gasteiger partial charge in [-0.3, -0.25) is 0 Å². The van der Waals surface area contributed by atoms with Gasteiger partial charge < -0.3 is 19.9 Å². The smallest absolute Gasteiger partial charge is 0.148 e. The van der Waals surface area contributed by atoms with Crippen LogP contribution in [0.25, 0.3) is 0 Å². The van der Waals surface area contributed by atoms with Gasteiger partial charge in [-0.05, 0) is 31.9 Å². The largest absolute Gasteiger partial charge is 0.496 e. The second-order valence-electron chi connectivity index (χ2n) is 3.83. The maximum absolute atomic E-state index is 8.71. The van der Waals surface area contributed by atoms with Crippen LogP contribution in [0.3, 0.4) is 0 Å². The normalized spacial score (nSPS) is 10.1. The minimum atomic E-state index is 0.237. The Bertz CT molecular complexity index is 353. The van der Waals surface area contributed by atoms with Crippen LogP contribution in [-0.2, 0) is 0 Å². The maximum atomic E-state index is 8.71. The summed E-state index contributed by atoms with van der Waals surface area (Å²) in [5.41, 5.74) is 1.95. The highest BCUT2D eigenvalue weighted by atomic mass is 16.5. The van der Waals surface area contributed by atoms with Crippen LogP contribution in [0.1, 0.15) is 18.4 Å². The molecule has 0 saturated heterocycles. The van der Waals surface area contributed by atoms with Crippen LogP contribution in [0, 0.1) is 6.92 Å². The molecule has 0 aliphatic carbocycles. The number of nitrogens with one attached hydrogen (secondary N) is 1. The number of methoxy groups -OCH3 is 2. The summed E-state index contributed by atoms with van der Waals surface area (Å²) in [7, 11) is 3.30. The van der Waals surface area contributed by atoms with Gasteiger partial charge in [-0.1, -0.05) is 0 Å². The van der Waals surface area contributed by atoms with Crippen LogP contribution in [0.15, 0.2) is 12.1 Å². The van der Waals surface area contributed by atoms with Crippen molar-refractivity contribution in [3.05, 3.63) is 17.7 Å². The first-order valence-electron chi connectivity index (χ1n) is 5.81. The molecular formula is C13H21NO3. The minimum absolute atomic E-state index is 0.237. The molecule has 0 aliphatic rings. The molecule has 0 aromatic heterocycles. The van der Waals surface area contributed by atoms with Gasteiger partial charge in [0.1, 0.15) is 11.5 Å². The van der Waals surface area contributed by atoms with E-state index in [1.807, 2.05) is 19.1 Å². The van der Waals surface area contributed by atoms with Crippen LogP contribution in [-0.4, -0.2) is 32.5 Å². The third kappa shape index (κ3) is 3.53. The number of unbranched alkanes of at least 4 members (excludes halogenated alkanes) is 1. The highest BCUT2D eigenvalue weighted by Crippen LogP contribution is 2.34. The average molecular weight is 239 g/mol. The number of anilines is 1. The number of aliphatic hydroxyl groups is 1. The molecule has 0 radical (unpaired) electrons. The highest BCUT2D eigenvalue weighted by Gasteiger charge is 2.10. The Balaban J connectivity index is 2.74. The Morgan fingerprint density at radius 2 is 1.94 bits per heavy atom. The lowest BCUT2D eigenvalue weighted by Crippen LogP contribution is -2.05. The first kappa shape index (κ1) is 13.6. The third-order valence-corrected chi connectivity index (χ3v) is 2.68. The van der Waals surface area contributed by atoms with Crippen molar-refractivity contribution in [2.75, 3.05) is 32.7 Å². The number of ether oxygens (including phenoxy) is 2. The van der Waals surface area contributed by atoms with E-state index >= 15 is 0 Å². The molecule has 2 N–H and O–H groups in total. The predicted octanol–water partition coefficient (Wildman–Crippen LogP) is 2.20. The summed E-state index contributed by atoms with van der Waals surface area (Å²) < 4.78 is 10.6. The molecule has 0 heterocycles. The molecule has 96 valence electrons. The molecule has 0 aliphatic heterocycles. The second kappa shape index (κ2) is 7.01. The van der Waals surface area contributed by atoms with Gasteiger partial charge in [-0.25, -0.2) is 0 Å². The molecular weight excluding hydrogens is 218 g/mol. The van der Waals surface area contributed by atoms with Gasteiger partial charge in [-0.2, -0.15) is 0 Å². The number of benzene rings is 1. The number of aliphatic hydroxyl groups excluding tert-OH is 1. The van der Waals surface area contributed by atoms with Crippen molar-refractivity contribution in [1.82, 2.24) is 0 Å². The van der Waals surface area contributed by atoms with E-state index in [4.69, 9.17) is 14.6 Å². The molecule has 0 amide bonds. The first-order valence-corrected chi connectivity index (χ1v) is 5.81. The summed E-state index contributed by atoms with van der Waals surface area (Å²) in [6.07, 6.45) is 1.75. The standard InChI is InChI=1S/C13H21NO3/c1-10-12(16-2)7-6-11(13(10)17-3)14-8-4-5-9-15/h6-7,14-15H,4-5,8-9H2,1-3H3. The summed E-state index contributed by atoms with van der Waals surface area (Å²) in [6.45, 7) is 3.03. The quantitative estimate of drug-likeness (QED) is 0.716. The minimum Gasteiger partial charge on any atom is -0.496 e. The molecule has 0 atom stereocenters. The van der Waals surface area contributed by atoms with Crippen LogP contribution >= 0.6 is 0 Å². The van der Waals surface area contributed by atoms with E-state index in [1.165, 1.54) is 0 Å². The van der Waals surface area contributed by atoms with Gasteiger partial charge in [0, 0.05) is 18.7 Å². The molecule has 0 spiro atoms. The Morgan fingerprint density at radius 1 is 1.18 bits per heavy atom. The van der Waals surface area contributed by atoms with E-state index in [-0.39, 0.29) is 6.61 Å². The fraction of sp³-hybridized carbons (Fsp3) is 0.538. The summed E-state index contributed by atoms with van der Waals surface area (Å²) in [6, 6.07) is 3.87. The molecule has 0 fully saturated rings. The molecule has 17 heavy (non-hydrogen) atoms. The molecule has 1 rings (SSSR count). The third-order valence-electron chi connectivity index (χ3n) is 2.68. The zero-order valence-corrected chi connectivity index (χ0v) is 10.7. The first-order chi connectivity index (χ1) is 8.24. The van der Waals surface area contributed by atoms with Gasteiger partial charge in [0.2, 0.25) is 0 Å². The monoisotopic (exact) mass is 239 g/mol. The van der Waals surface area contributed by atoms with Crippen molar-refractivity contribution in [2.45, 2.75) is 19.8 Å². The maximum Gasteiger partial charge on any atom is 0.148 e. The molecule has 0 unspecified atom stereocenters. The Morgan fingerprint density at radius 3 is 2.53 bits per heavy atom. The lowest BCUT2D eigenvalue weighted by Gasteiger charge is -2.15. The van der Waals surface area contributed by atoms with Gasteiger partial charge >= 0.3 is 0 Å². The summed E-state index contributed by atoms with van der Waals surface area (Å²) in [5.74, 6) is 1.64. The zero-order valence-electron chi connectivity index (χ0n) is 10.7. The van der Waals surface area contributed by atoms with Gasteiger partial charge in [0.25, 0.3) is 0 Å². The Labute approximate surface area is 103 Å².